The van der Waals surface area contributed by atoms with Gasteiger partial charge in [0.1, 0.15) is 5.69 Å². The fourth-order valence-corrected chi connectivity index (χ4v) is 2.33. The Kier molecular flexibility index (Phi) is 4.54. The second-order valence-electron chi connectivity index (χ2n) is 5.36. The van der Waals surface area contributed by atoms with Crippen LogP contribution in [0.15, 0.2) is 16.9 Å². The number of aryl methyl sites for hydroxylation is 1. The van der Waals surface area contributed by atoms with Gasteiger partial charge in [0.2, 0.25) is 0 Å². The summed E-state index contributed by atoms with van der Waals surface area (Å²) in [6.07, 6.45) is 1.07. The molecule has 1 fully saturated rings. The van der Waals surface area contributed by atoms with Gasteiger partial charge in [-0.25, -0.2) is 4.68 Å². The number of piperidine rings is 1. The maximum atomic E-state index is 12.4. The second kappa shape index (κ2) is 6.17. The van der Waals surface area contributed by atoms with E-state index in [0.717, 1.165) is 12.8 Å². The number of rotatable bonds is 3. The molecule has 0 saturated carbocycles. The summed E-state index contributed by atoms with van der Waals surface area (Å²) in [6.45, 7) is 5.37. The van der Waals surface area contributed by atoms with Gasteiger partial charge in [-0.2, -0.15) is 5.10 Å². The summed E-state index contributed by atoms with van der Waals surface area (Å²) in [5.41, 5.74) is 0.0653. The van der Waals surface area contributed by atoms with Crippen LogP contribution in [0.1, 0.15) is 37.2 Å². The first-order valence-electron chi connectivity index (χ1n) is 7.08. The number of hydrogen-bond donors (Lipinski definition) is 1. The molecule has 1 aliphatic rings. The third-order valence-electron chi connectivity index (χ3n) is 3.73. The highest BCUT2D eigenvalue weighted by Crippen LogP contribution is 2.18. The molecule has 1 aliphatic heterocycles. The van der Waals surface area contributed by atoms with Gasteiger partial charge < -0.3 is 10.0 Å². The number of amides is 1. The van der Waals surface area contributed by atoms with E-state index in [1.807, 2.05) is 13.8 Å². The molecule has 6 nitrogen and oxygen atoms in total. The van der Waals surface area contributed by atoms with Gasteiger partial charge in [-0.15, -0.1) is 0 Å². The Morgan fingerprint density at radius 3 is 2.90 bits per heavy atom. The fourth-order valence-electron chi connectivity index (χ4n) is 2.33. The normalized spacial score (nSPS) is 22.9. The molecule has 1 amide bonds. The van der Waals surface area contributed by atoms with Crippen LogP contribution in [-0.4, -0.2) is 44.9 Å². The van der Waals surface area contributed by atoms with Crippen molar-refractivity contribution in [3.63, 3.8) is 0 Å². The van der Waals surface area contributed by atoms with E-state index >= 15 is 0 Å². The number of carbonyl (C=O) groups excluding carboxylic acids is 1. The minimum Gasteiger partial charge on any atom is -0.391 e. The highest BCUT2D eigenvalue weighted by molar-refractivity contribution is 5.92. The molecule has 0 aliphatic carbocycles. The summed E-state index contributed by atoms with van der Waals surface area (Å²) in [5.74, 6) is -0.0122. The molecular formula is C14H21N3O3. The van der Waals surface area contributed by atoms with E-state index in [0.29, 0.717) is 19.6 Å². The smallest absolute Gasteiger partial charge is 0.274 e. The molecule has 0 radical (unpaired) electrons. The van der Waals surface area contributed by atoms with E-state index in [9.17, 15) is 14.7 Å². The van der Waals surface area contributed by atoms with Crippen LogP contribution in [0, 0.1) is 5.92 Å². The van der Waals surface area contributed by atoms with Crippen molar-refractivity contribution in [1.29, 1.82) is 0 Å². The summed E-state index contributed by atoms with van der Waals surface area (Å²) in [7, 11) is 0. The molecular weight excluding hydrogens is 258 g/mol. The van der Waals surface area contributed by atoms with Gasteiger partial charge in [0.05, 0.1) is 6.10 Å². The maximum Gasteiger partial charge on any atom is 0.274 e. The third kappa shape index (κ3) is 3.07. The summed E-state index contributed by atoms with van der Waals surface area (Å²) in [6, 6.07) is 2.83. The zero-order chi connectivity index (χ0) is 14.7. The van der Waals surface area contributed by atoms with Crippen LogP contribution in [0.5, 0.6) is 0 Å². The van der Waals surface area contributed by atoms with Crippen molar-refractivity contribution in [2.75, 3.05) is 13.1 Å². The lowest BCUT2D eigenvalue weighted by Gasteiger charge is -2.34. The SMILES string of the molecule is CCCn1nc(C(=O)N2CCC(C)C(O)C2)ccc1=O. The van der Waals surface area contributed by atoms with Crippen molar-refractivity contribution in [2.24, 2.45) is 5.92 Å². The van der Waals surface area contributed by atoms with E-state index in [4.69, 9.17) is 0 Å². The topological polar surface area (TPSA) is 75.4 Å². The number of β-amino-alcohol motifs (C(OH)–C–C–N with tert-alkyl or cyclic N) is 1. The minimum atomic E-state index is -0.491. The summed E-state index contributed by atoms with van der Waals surface area (Å²) in [5, 5.41) is 14.0. The molecule has 2 heterocycles. The molecule has 2 unspecified atom stereocenters. The first-order chi connectivity index (χ1) is 9.52. The third-order valence-corrected chi connectivity index (χ3v) is 3.73. The van der Waals surface area contributed by atoms with Gasteiger partial charge in [0, 0.05) is 25.7 Å². The standard InChI is InChI=1S/C14H21N3O3/c1-3-7-17-13(19)5-4-11(15-17)14(20)16-8-6-10(2)12(18)9-16/h4-5,10,12,18H,3,6-9H2,1-2H3. The van der Waals surface area contributed by atoms with Gasteiger partial charge in [0.15, 0.2) is 0 Å². The van der Waals surface area contributed by atoms with Crippen molar-refractivity contribution in [1.82, 2.24) is 14.7 Å². The second-order valence-corrected chi connectivity index (χ2v) is 5.36. The molecule has 110 valence electrons. The summed E-state index contributed by atoms with van der Waals surface area (Å²) < 4.78 is 1.32. The lowest BCUT2D eigenvalue weighted by molar-refractivity contribution is 0.0243. The largest absolute Gasteiger partial charge is 0.391 e. The zero-order valence-corrected chi connectivity index (χ0v) is 12.0. The number of aromatic nitrogens is 2. The number of nitrogens with zero attached hydrogens (tertiary/aromatic N) is 3. The van der Waals surface area contributed by atoms with Crippen LogP contribution < -0.4 is 5.56 Å². The molecule has 0 aromatic carbocycles. The Bertz CT molecular complexity index is 541. The lowest BCUT2D eigenvalue weighted by Crippen LogP contribution is -2.46. The number of hydrogen-bond acceptors (Lipinski definition) is 4. The highest BCUT2D eigenvalue weighted by atomic mass is 16.3. The molecule has 0 bridgehead atoms. The van der Waals surface area contributed by atoms with Gasteiger partial charge in [0.25, 0.3) is 11.5 Å². The number of likely N-dealkylation sites (tertiary alicyclic amines) is 1. The quantitative estimate of drug-likeness (QED) is 0.874. The van der Waals surface area contributed by atoms with Crippen molar-refractivity contribution in [3.8, 4) is 0 Å². The highest BCUT2D eigenvalue weighted by Gasteiger charge is 2.28. The molecule has 1 saturated heterocycles. The van der Waals surface area contributed by atoms with Crippen LogP contribution >= 0.6 is 0 Å². The van der Waals surface area contributed by atoms with Gasteiger partial charge in [-0.1, -0.05) is 13.8 Å². The van der Waals surface area contributed by atoms with E-state index in [1.165, 1.54) is 16.8 Å². The minimum absolute atomic E-state index is 0.198. The number of carbonyl (C=O) groups is 1. The van der Waals surface area contributed by atoms with Crippen molar-refractivity contribution >= 4 is 5.91 Å². The Hall–Kier alpha value is -1.69. The Balaban J connectivity index is 2.17. The zero-order valence-electron chi connectivity index (χ0n) is 12.0. The van der Waals surface area contributed by atoms with Crippen molar-refractivity contribution in [3.05, 3.63) is 28.2 Å². The van der Waals surface area contributed by atoms with Gasteiger partial charge >= 0.3 is 0 Å². The van der Waals surface area contributed by atoms with Crippen molar-refractivity contribution < 1.29 is 9.90 Å². The maximum absolute atomic E-state index is 12.4. The monoisotopic (exact) mass is 279 g/mol. The van der Waals surface area contributed by atoms with Crippen LogP contribution in [0.3, 0.4) is 0 Å². The van der Waals surface area contributed by atoms with Gasteiger partial charge in [-0.05, 0) is 24.8 Å². The predicted molar refractivity (Wildman–Crippen MR) is 74.5 cm³/mol. The first kappa shape index (κ1) is 14.7. The molecule has 2 atom stereocenters. The first-order valence-corrected chi connectivity index (χ1v) is 7.08. The number of aliphatic hydroxyl groups excluding tert-OH is 1. The molecule has 6 heteroatoms. The lowest BCUT2D eigenvalue weighted by atomic mass is 9.96. The van der Waals surface area contributed by atoms with E-state index in [2.05, 4.69) is 5.10 Å². The molecule has 2 rings (SSSR count). The molecule has 1 N–H and O–H groups in total. The van der Waals surface area contributed by atoms with Crippen LogP contribution in [0.4, 0.5) is 0 Å². The van der Waals surface area contributed by atoms with E-state index < -0.39 is 6.10 Å². The van der Waals surface area contributed by atoms with Crippen LogP contribution in [-0.2, 0) is 6.54 Å². The molecule has 1 aromatic heterocycles. The molecule has 0 spiro atoms. The number of aliphatic hydroxyl groups is 1. The average Bonchev–Trinajstić information content (AvgIpc) is 2.44. The fraction of sp³-hybridized carbons (Fsp3) is 0.643. The Labute approximate surface area is 118 Å². The van der Waals surface area contributed by atoms with E-state index in [-0.39, 0.29) is 23.1 Å². The average molecular weight is 279 g/mol. The molecule has 20 heavy (non-hydrogen) atoms. The molecule has 1 aromatic rings. The Morgan fingerprint density at radius 2 is 2.25 bits per heavy atom. The predicted octanol–water partition coefficient (Wildman–Crippen LogP) is 0.496. The summed E-state index contributed by atoms with van der Waals surface area (Å²) in [4.78, 5) is 25.6. The Morgan fingerprint density at radius 1 is 1.50 bits per heavy atom. The van der Waals surface area contributed by atoms with Crippen molar-refractivity contribution in [2.45, 2.75) is 39.3 Å². The summed E-state index contributed by atoms with van der Waals surface area (Å²) >= 11 is 0. The van der Waals surface area contributed by atoms with Crippen LogP contribution in [0.2, 0.25) is 0 Å². The van der Waals surface area contributed by atoms with E-state index in [1.54, 1.807) is 4.90 Å². The van der Waals surface area contributed by atoms with Crippen LogP contribution in [0.25, 0.3) is 0 Å². The van der Waals surface area contributed by atoms with Gasteiger partial charge in [-0.3, -0.25) is 9.59 Å².